The Kier molecular flexibility index (Phi) is 5.24. The zero-order chi connectivity index (χ0) is 19.3. The van der Waals surface area contributed by atoms with E-state index >= 15 is 0 Å². The van der Waals surface area contributed by atoms with Crippen molar-refractivity contribution in [2.75, 3.05) is 6.54 Å². The minimum absolute atomic E-state index is 0.0649. The number of nitrogens with one attached hydrogen (secondary N) is 2. The molecule has 0 spiro atoms. The lowest BCUT2D eigenvalue weighted by Gasteiger charge is -2.23. The summed E-state index contributed by atoms with van der Waals surface area (Å²) < 4.78 is 13.9. The molecule has 1 amide bonds. The first-order chi connectivity index (χ1) is 13.7. The SMILES string of the molecule is O=C(NCCCc1ccc(-c2ccccc2F)cc1)C1=CN2C=CNC2C=C1. The van der Waals surface area contributed by atoms with Crippen LogP contribution in [-0.4, -0.2) is 23.5 Å². The molecule has 5 heteroatoms. The number of rotatable bonds is 6. The van der Waals surface area contributed by atoms with Crippen molar-refractivity contribution in [1.82, 2.24) is 15.5 Å². The Morgan fingerprint density at radius 2 is 1.96 bits per heavy atom. The molecule has 2 aromatic rings. The molecule has 4 rings (SSSR count). The molecule has 0 aliphatic carbocycles. The zero-order valence-corrected chi connectivity index (χ0v) is 15.4. The third kappa shape index (κ3) is 3.98. The Morgan fingerprint density at radius 3 is 2.79 bits per heavy atom. The topological polar surface area (TPSA) is 44.4 Å². The summed E-state index contributed by atoms with van der Waals surface area (Å²) in [5.74, 6) is -0.277. The molecule has 0 fully saturated rings. The fourth-order valence-electron chi connectivity index (χ4n) is 3.36. The van der Waals surface area contributed by atoms with E-state index in [9.17, 15) is 9.18 Å². The molecule has 2 aliphatic rings. The number of carbonyl (C=O) groups is 1. The maximum Gasteiger partial charge on any atom is 0.252 e. The van der Waals surface area contributed by atoms with Crippen molar-refractivity contribution in [3.63, 3.8) is 0 Å². The number of carbonyl (C=O) groups excluding carboxylic acids is 1. The maximum atomic E-state index is 13.9. The first-order valence-corrected chi connectivity index (χ1v) is 9.43. The lowest BCUT2D eigenvalue weighted by molar-refractivity contribution is -0.117. The molecule has 0 saturated carbocycles. The number of benzene rings is 2. The van der Waals surface area contributed by atoms with E-state index in [1.54, 1.807) is 12.1 Å². The molecule has 0 aromatic heterocycles. The smallest absolute Gasteiger partial charge is 0.252 e. The molecule has 1 unspecified atom stereocenters. The van der Waals surface area contributed by atoms with Gasteiger partial charge in [-0.05, 0) is 42.2 Å². The average molecular weight is 375 g/mol. The summed E-state index contributed by atoms with van der Waals surface area (Å²) in [5, 5.41) is 6.14. The largest absolute Gasteiger partial charge is 0.366 e. The van der Waals surface area contributed by atoms with Crippen molar-refractivity contribution in [3.05, 3.63) is 96.2 Å². The highest BCUT2D eigenvalue weighted by atomic mass is 19.1. The van der Waals surface area contributed by atoms with Crippen LogP contribution in [0.2, 0.25) is 0 Å². The second kappa shape index (κ2) is 8.13. The van der Waals surface area contributed by atoms with Crippen molar-refractivity contribution in [2.24, 2.45) is 0 Å². The number of nitrogens with zero attached hydrogens (tertiary/aromatic N) is 1. The van der Waals surface area contributed by atoms with Crippen molar-refractivity contribution < 1.29 is 9.18 Å². The Morgan fingerprint density at radius 1 is 1.14 bits per heavy atom. The molecular weight excluding hydrogens is 353 g/mol. The number of fused-ring (bicyclic) bond motifs is 1. The summed E-state index contributed by atoms with van der Waals surface area (Å²) in [6, 6.07) is 14.7. The van der Waals surface area contributed by atoms with Gasteiger partial charge in [-0.2, -0.15) is 0 Å². The summed E-state index contributed by atoms with van der Waals surface area (Å²) in [5.41, 5.74) is 3.30. The van der Waals surface area contributed by atoms with Crippen LogP contribution in [-0.2, 0) is 11.2 Å². The maximum absolute atomic E-state index is 13.9. The monoisotopic (exact) mass is 375 g/mol. The summed E-state index contributed by atoms with van der Waals surface area (Å²) >= 11 is 0. The van der Waals surface area contributed by atoms with Gasteiger partial charge in [-0.1, -0.05) is 42.5 Å². The van der Waals surface area contributed by atoms with Gasteiger partial charge in [-0.15, -0.1) is 0 Å². The normalized spacial score (nSPS) is 17.1. The van der Waals surface area contributed by atoms with Gasteiger partial charge in [-0.3, -0.25) is 4.79 Å². The summed E-state index contributed by atoms with van der Waals surface area (Å²) in [6.45, 7) is 0.608. The third-order valence-electron chi connectivity index (χ3n) is 4.91. The van der Waals surface area contributed by atoms with Crippen LogP contribution in [0.25, 0.3) is 11.1 Å². The standard InChI is InChI=1S/C23H22FN3O/c24-21-6-2-1-5-20(21)18-9-7-17(8-10-18)4-3-13-26-23(28)19-11-12-22-25-14-15-27(22)16-19/h1-2,5-12,14-16,22,25H,3-4,13H2,(H,26,28). The molecule has 2 N–H and O–H groups in total. The second-order valence-electron chi connectivity index (χ2n) is 6.85. The van der Waals surface area contributed by atoms with E-state index in [-0.39, 0.29) is 17.9 Å². The lowest BCUT2D eigenvalue weighted by atomic mass is 10.0. The van der Waals surface area contributed by atoms with Gasteiger partial charge in [0.25, 0.3) is 5.91 Å². The molecule has 2 aromatic carbocycles. The van der Waals surface area contributed by atoms with Crippen molar-refractivity contribution in [1.29, 1.82) is 0 Å². The van der Waals surface area contributed by atoms with Gasteiger partial charge in [-0.25, -0.2) is 4.39 Å². The molecule has 28 heavy (non-hydrogen) atoms. The van der Waals surface area contributed by atoms with Crippen LogP contribution in [0.4, 0.5) is 4.39 Å². The van der Waals surface area contributed by atoms with Crippen LogP contribution in [0.1, 0.15) is 12.0 Å². The summed E-state index contributed by atoms with van der Waals surface area (Å²) in [7, 11) is 0. The minimum atomic E-state index is -0.212. The molecule has 0 bridgehead atoms. The van der Waals surface area contributed by atoms with E-state index in [1.807, 2.05) is 66.0 Å². The summed E-state index contributed by atoms with van der Waals surface area (Å²) in [6.07, 6.45) is 11.2. The van der Waals surface area contributed by atoms with Crippen molar-refractivity contribution in [2.45, 2.75) is 19.0 Å². The Hall–Kier alpha value is -3.34. The van der Waals surface area contributed by atoms with Gasteiger partial charge in [0.15, 0.2) is 0 Å². The Bertz CT molecular complexity index is 947. The quantitative estimate of drug-likeness (QED) is 0.757. The van der Waals surface area contributed by atoms with Crippen LogP contribution >= 0.6 is 0 Å². The van der Waals surface area contributed by atoms with Crippen LogP contribution < -0.4 is 10.6 Å². The first kappa shape index (κ1) is 18.0. The van der Waals surface area contributed by atoms with Crippen molar-refractivity contribution >= 4 is 5.91 Å². The van der Waals surface area contributed by atoms with E-state index < -0.39 is 0 Å². The first-order valence-electron chi connectivity index (χ1n) is 9.43. The van der Waals surface area contributed by atoms with E-state index in [0.29, 0.717) is 17.7 Å². The summed E-state index contributed by atoms with van der Waals surface area (Å²) in [4.78, 5) is 14.3. The fraction of sp³-hybridized carbons (Fsp3) is 0.174. The van der Waals surface area contributed by atoms with Gasteiger partial charge in [0.05, 0.1) is 5.57 Å². The molecule has 0 radical (unpaired) electrons. The lowest BCUT2D eigenvalue weighted by Crippen LogP contribution is -2.34. The number of hydrogen-bond donors (Lipinski definition) is 2. The van der Waals surface area contributed by atoms with Gasteiger partial charge < -0.3 is 15.5 Å². The minimum Gasteiger partial charge on any atom is -0.366 e. The van der Waals surface area contributed by atoms with E-state index in [2.05, 4.69) is 10.6 Å². The predicted molar refractivity (Wildman–Crippen MR) is 108 cm³/mol. The van der Waals surface area contributed by atoms with Crippen LogP contribution in [0.5, 0.6) is 0 Å². The molecule has 2 aliphatic heterocycles. The average Bonchev–Trinajstić information content (AvgIpc) is 3.20. The highest BCUT2D eigenvalue weighted by molar-refractivity contribution is 5.96. The van der Waals surface area contributed by atoms with E-state index in [0.717, 1.165) is 18.4 Å². The van der Waals surface area contributed by atoms with E-state index in [4.69, 9.17) is 0 Å². The number of amides is 1. The van der Waals surface area contributed by atoms with Gasteiger partial charge in [0, 0.05) is 30.7 Å². The second-order valence-corrected chi connectivity index (χ2v) is 6.85. The van der Waals surface area contributed by atoms with Crippen LogP contribution in [0, 0.1) is 5.82 Å². The van der Waals surface area contributed by atoms with Crippen LogP contribution in [0.15, 0.2) is 84.9 Å². The molecule has 2 heterocycles. The number of halogens is 1. The number of aryl methyl sites for hydroxylation is 1. The highest BCUT2D eigenvalue weighted by Crippen LogP contribution is 2.23. The Labute approximate surface area is 164 Å². The molecule has 142 valence electrons. The van der Waals surface area contributed by atoms with Gasteiger partial charge >= 0.3 is 0 Å². The predicted octanol–water partition coefficient (Wildman–Crippen LogP) is 3.70. The van der Waals surface area contributed by atoms with Gasteiger partial charge in [0.1, 0.15) is 12.0 Å². The molecule has 1 atom stereocenters. The number of hydrogen-bond acceptors (Lipinski definition) is 3. The van der Waals surface area contributed by atoms with Crippen LogP contribution in [0.3, 0.4) is 0 Å². The molecular formula is C23H22FN3O. The van der Waals surface area contributed by atoms with Gasteiger partial charge in [0.2, 0.25) is 0 Å². The molecule has 4 nitrogen and oxygen atoms in total. The van der Waals surface area contributed by atoms with E-state index in [1.165, 1.54) is 11.6 Å². The Balaban J connectivity index is 1.25. The fourth-order valence-corrected chi connectivity index (χ4v) is 3.36. The van der Waals surface area contributed by atoms with Crippen molar-refractivity contribution in [3.8, 4) is 11.1 Å². The zero-order valence-electron chi connectivity index (χ0n) is 15.4. The third-order valence-corrected chi connectivity index (χ3v) is 4.91. The highest BCUT2D eigenvalue weighted by Gasteiger charge is 2.20. The molecule has 0 saturated heterocycles.